The Morgan fingerprint density at radius 1 is 1.17 bits per heavy atom. The molecular weight excluding hydrogens is 317 g/mol. The van der Waals surface area contributed by atoms with Crippen LogP contribution in [0.1, 0.15) is 24.2 Å². The number of aromatic nitrogens is 5. The molecule has 0 fully saturated rings. The molecule has 1 atom stereocenters. The summed E-state index contributed by atoms with van der Waals surface area (Å²) in [6.07, 6.45) is 1.64. The topological polar surface area (TPSA) is 56.0 Å². The van der Waals surface area contributed by atoms with E-state index in [1.807, 2.05) is 19.1 Å². The molecule has 0 aliphatic rings. The van der Waals surface area contributed by atoms with Gasteiger partial charge in [0.2, 0.25) is 0 Å². The minimum absolute atomic E-state index is 0.328. The maximum Gasteiger partial charge on any atom is 0.178 e. The summed E-state index contributed by atoms with van der Waals surface area (Å²) in [7, 11) is 0. The number of nitrogens with zero attached hydrogens (tertiary/aromatic N) is 5. The summed E-state index contributed by atoms with van der Waals surface area (Å²) >= 11 is 5.94. The van der Waals surface area contributed by atoms with Crippen LogP contribution in [-0.4, -0.2) is 24.8 Å². The van der Waals surface area contributed by atoms with Crippen molar-refractivity contribution in [2.45, 2.75) is 12.8 Å². The third-order valence-electron chi connectivity index (χ3n) is 3.83. The van der Waals surface area contributed by atoms with Gasteiger partial charge in [0.25, 0.3) is 0 Å². The molecule has 4 aromatic rings. The van der Waals surface area contributed by atoms with Crippen molar-refractivity contribution in [3.05, 3.63) is 65.0 Å². The fraction of sp³-hybridized carbons (Fsp3) is 0.125. The number of hydrogen-bond donors (Lipinski definition) is 0. The zero-order valence-corrected chi connectivity index (χ0v) is 12.9. The first kappa shape index (κ1) is 14.0. The van der Waals surface area contributed by atoms with Gasteiger partial charge < -0.3 is 0 Å². The number of rotatable bonds is 2. The summed E-state index contributed by atoms with van der Waals surface area (Å²) in [5.74, 6) is -0.132. The fourth-order valence-corrected chi connectivity index (χ4v) is 2.78. The van der Waals surface area contributed by atoms with Crippen molar-refractivity contribution in [3.63, 3.8) is 0 Å². The summed E-state index contributed by atoms with van der Waals surface area (Å²) in [6.45, 7) is 1.86. The summed E-state index contributed by atoms with van der Waals surface area (Å²) < 4.78 is 16.0. The lowest BCUT2D eigenvalue weighted by Gasteiger charge is -2.12. The van der Waals surface area contributed by atoms with Gasteiger partial charge in [-0.15, -0.1) is 10.2 Å². The van der Waals surface area contributed by atoms with E-state index in [4.69, 9.17) is 11.6 Å². The summed E-state index contributed by atoms with van der Waals surface area (Å²) in [5.41, 5.74) is 1.70. The quantitative estimate of drug-likeness (QED) is 0.564. The number of fused-ring (bicyclic) bond motifs is 2. The smallest absolute Gasteiger partial charge is 0.178 e. The van der Waals surface area contributed by atoms with Crippen LogP contribution in [0, 0.1) is 5.82 Å². The number of benzene rings is 1. The average molecular weight is 328 g/mol. The molecular formula is C16H11ClFN5. The average Bonchev–Trinajstić information content (AvgIpc) is 2.96. The first-order chi connectivity index (χ1) is 11.1. The zero-order chi connectivity index (χ0) is 16.0. The molecule has 0 bridgehead atoms. The van der Waals surface area contributed by atoms with Gasteiger partial charge in [-0.05, 0) is 29.8 Å². The highest BCUT2D eigenvalue weighted by atomic mass is 35.5. The Kier molecular flexibility index (Phi) is 3.20. The van der Waals surface area contributed by atoms with Crippen LogP contribution in [0.2, 0.25) is 5.15 Å². The van der Waals surface area contributed by atoms with Gasteiger partial charge >= 0.3 is 0 Å². The Hall–Kier alpha value is -2.60. The normalized spacial score (nSPS) is 12.8. The van der Waals surface area contributed by atoms with Crippen molar-refractivity contribution >= 4 is 28.2 Å². The van der Waals surface area contributed by atoms with Gasteiger partial charge in [-0.2, -0.15) is 9.61 Å². The third kappa shape index (κ3) is 2.31. The standard InChI is InChI=1S/C16H11ClFN5/c1-9(16-21-20-15-5-4-14(17)22-23(15)16)11-7-10-3-2-6-19-13(10)8-12(11)18/h2-9H,1H3. The SMILES string of the molecule is CC(c1cc2cccnc2cc1F)c1nnc2ccc(Cl)nn12. The molecule has 0 aliphatic heterocycles. The van der Waals surface area contributed by atoms with Crippen LogP contribution in [0.15, 0.2) is 42.6 Å². The van der Waals surface area contributed by atoms with E-state index in [2.05, 4.69) is 20.3 Å². The van der Waals surface area contributed by atoms with Crippen LogP contribution < -0.4 is 0 Å². The Morgan fingerprint density at radius 2 is 2.04 bits per heavy atom. The van der Waals surface area contributed by atoms with Crippen LogP contribution >= 0.6 is 11.6 Å². The molecule has 5 nitrogen and oxygen atoms in total. The van der Waals surface area contributed by atoms with Gasteiger partial charge in [-0.1, -0.05) is 24.6 Å². The molecule has 0 spiro atoms. The maximum atomic E-state index is 14.5. The first-order valence-corrected chi connectivity index (χ1v) is 7.43. The zero-order valence-electron chi connectivity index (χ0n) is 12.1. The molecule has 7 heteroatoms. The minimum Gasteiger partial charge on any atom is -0.256 e. The van der Waals surface area contributed by atoms with Gasteiger partial charge in [0, 0.05) is 23.6 Å². The van der Waals surface area contributed by atoms with Crippen LogP contribution in [0.4, 0.5) is 4.39 Å². The van der Waals surface area contributed by atoms with E-state index in [9.17, 15) is 4.39 Å². The van der Waals surface area contributed by atoms with E-state index >= 15 is 0 Å². The highest BCUT2D eigenvalue weighted by Crippen LogP contribution is 2.28. The molecule has 1 unspecified atom stereocenters. The second-order valence-corrected chi connectivity index (χ2v) is 5.66. The Bertz CT molecular complexity index is 1030. The predicted molar refractivity (Wildman–Crippen MR) is 85.0 cm³/mol. The number of hydrogen-bond acceptors (Lipinski definition) is 4. The molecule has 3 aromatic heterocycles. The fourth-order valence-electron chi connectivity index (χ4n) is 2.64. The van der Waals surface area contributed by atoms with Gasteiger partial charge in [-0.3, -0.25) is 4.98 Å². The third-order valence-corrected chi connectivity index (χ3v) is 4.03. The van der Waals surface area contributed by atoms with E-state index in [0.29, 0.717) is 27.7 Å². The van der Waals surface area contributed by atoms with E-state index < -0.39 is 0 Å². The lowest BCUT2D eigenvalue weighted by atomic mass is 9.98. The molecule has 0 saturated heterocycles. The molecule has 0 aliphatic carbocycles. The molecule has 0 saturated carbocycles. The van der Waals surface area contributed by atoms with Gasteiger partial charge in [-0.25, -0.2) is 4.39 Å². The predicted octanol–water partition coefficient (Wildman–Crippen LogP) is 3.62. The van der Waals surface area contributed by atoms with E-state index in [1.165, 1.54) is 6.07 Å². The Morgan fingerprint density at radius 3 is 2.91 bits per heavy atom. The molecule has 0 radical (unpaired) electrons. The van der Waals surface area contributed by atoms with Gasteiger partial charge in [0.1, 0.15) is 11.0 Å². The lowest BCUT2D eigenvalue weighted by Crippen LogP contribution is -2.07. The number of pyridine rings is 1. The molecule has 3 heterocycles. The highest BCUT2D eigenvalue weighted by Gasteiger charge is 2.20. The van der Waals surface area contributed by atoms with Crippen LogP contribution in [0.3, 0.4) is 0 Å². The lowest BCUT2D eigenvalue weighted by molar-refractivity contribution is 0.596. The van der Waals surface area contributed by atoms with Crippen LogP contribution in [0.5, 0.6) is 0 Å². The second-order valence-electron chi connectivity index (χ2n) is 5.28. The largest absolute Gasteiger partial charge is 0.256 e. The second kappa shape index (κ2) is 5.24. The molecule has 0 amide bonds. The van der Waals surface area contributed by atoms with Crippen molar-refractivity contribution in [2.75, 3.05) is 0 Å². The Balaban J connectivity index is 1.89. The number of halogens is 2. The molecule has 23 heavy (non-hydrogen) atoms. The summed E-state index contributed by atoms with van der Waals surface area (Å²) in [4.78, 5) is 4.16. The van der Waals surface area contributed by atoms with E-state index in [0.717, 1.165) is 5.39 Å². The highest BCUT2D eigenvalue weighted by molar-refractivity contribution is 6.29. The van der Waals surface area contributed by atoms with E-state index in [1.54, 1.807) is 28.9 Å². The molecule has 0 N–H and O–H groups in total. The summed E-state index contributed by atoms with van der Waals surface area (Å²) in [5, 5.41) is 13.6. The van der Waals surface area contributed by atoms with Crippen molar-refractivity contribution in [3.8, 4) is 0 Å². The molecule has 4 rings (SSSR count). The van der Waals surface area contributed by atoms with Crippen molar-refractivity contribution in [2.24, 2.45) is 0 Å². The summed E-state index contributed by atoms with van der Waals surface area (Å²) in [6, 6.07) is 10.3. The molecule has 114 valence electrons. The van der Waals surface area contributed by atoms with Crippen molar-refractivity contribution < 1.29 is 4.39 Å². The maximum absolute atomic E-state index is 14.5. The monoisotopic (exact) mass is 327 g/mol. The van der Waals surface area contributed by atoms with Crippen LogP contribution in [0.25, 0.3) is 16.6 Å². The van der Waals surface area contributed by atoms with E-state index in [-0.39, 0.29) is 11.7 Å². The van der Waals surface area contributed by atoms with Gasteiger partial charge in [0.05, 0.1) is 5.52 Å². The van der Waals surface area contributed by atoms with Gasteiger partial charge in [0.15, 0.2) is 11.5 Å². The van der Waals surface area contributed by atoms with Crippen molar-refractivity contribution in [1.29, 1.82) is 0 Å². The Labute approximate surface area is 135 Å². The van der Waals surface area contributed by atoms with Crippen LogP contribution in [-0.2, 0) is 0 Å². The first-order valence-electron chi connectivity index (χ1n) is 7.05. The molecule has 1 aromatic carbocycles. The van der Waals surface area contributed by atoms with Crippen molar-refractivity contribution in [1.82, 2.24) is 24.8 Å². The minimum atomic E-state index is -0.333.